The maximum Gasteiger partial charge on any atom is 0.432 e. The number of alkyl halides is 3. The molecular formula is C32H25F9O. The molecule has 0 aromatic heterocycles. The number of ether oxygens (including phenoxy) is 1. The van der Waals surface area contributed by atoms with E-state index in [0.717, 1.165) is 43.2 Å². The van der Waals surface area contributed by atoms with E-state index in [0.29, 0.717) is 25.0 Å². The lowest BCUT2D eigenvalue weighted by Gasteiger charge is -2.22. The molecule has 10 heteroatoms. The summed E-state index contributed by atoms with van der Waals surface area (Å²) in [6, 6.07) is 2.78. The van der Waals surface area contributed by atoms with Crippen molar-refractivity contribution in [2.75, 3.05) is 0 Å². The Balaban J connectivity index is 1.40. The number of unbranched alkanes of at least 4 members (excludes halogenated alkanes) is 2. The molecule has 3 unspecified atom stereocenters. The first-order valence-electron chi connectivity index (χ1n) is 13.2. The van der Waals surface area contributed by atoms with Crippen molar-refractivity contribution in [3.05, 3.63) is 118 Å². The molecule has 4 rings (SSSR count). The SMILES string of the molecule is CCCCCc1cc(F)c(C(F)(F)OC2=CCC(C#CC3=CC(F)C(c4cc(F)c(F)c(F)c4)C(F)=C3)C=C2)c(F)c1. The van der Waals surface area contributed by atoms with Gasteiger partial charge in [-0.3, -0.25) is 0 Å². The number of halogens is 9. The molecule has 0 saturated heterocycles. The van der Waals surface area contributed by atoms with Gasteiger partial charge in [-0.2, -0.15) is 8.78 Å². The van der Waals surface area contributed by atoms with Crippen molar-refractivity contribution >= 4 is 0 Å². The van der Waals surface area contributed by atoms with Crippen LogP contribution in [0.15, 0.2) is 71.8 Å². The zero-order valence-corrected chi connectivity index (χ0v) is 22.3. The summed E-state index contributed by atoms with van der Waals surface area (Å²) in [6.45, 7) is 1.96. The minimum Gasteiger partial charge on any atom is -0.429 e. The van der Waals surface area contributed by atoms with Gasteiger partial charge in [0.05, 0.1) is 5.92 Å². The van der Waals surface area contributed by atoms with Crippen LogP contribution in [0.3, 0.4) is 0 Å². The van der Waals surface area contributed by atoms with Crippen LogP contribution in [0.1, 0.15) is 55.2 Å². The highest BCUT2D eigenvalue weighted by molar-refractivity contribution is 5.48. The predicted octanol–water partition coefficient (Wildman–Crippen LogP) is 9.56. The highest BCUT2D eigenvalue weighted by Crippen LogP contribution is 2.38. The van der Waals surface area contributed by atoms with Crippen LogP contribution >= 0.6 is 0 Å². The molecule has 2 aliphatic rings. The van der Waals surface area contributed by atoms with Gasteiger partial charge in [-0.25, -0.2) is 30.7 Å². The molecule has 0 amide bonds. The monoisotopic (exact) mass is 596 g/mol. The van der Waals surface area contributed by atoms with Crippen LogP contribution in [0.4, 0.5) is 39.5 Å². The smallest absolute Gasteiger partial charge is 0.429 e. The summed E-state index contributed by atoms with van der Waals surface area (Å²) < 4.78 is 133. The molecule has 0 fully saturated rings. The first-order valence-corrected chi connectivity index (χ1v) is 13.2. The van der Waals surface area contributed by atoms with Crippen molar-refractivity contribution in [3.8, 4) is 11.8 Å². The molecule has 0 aliphatic heterocycles. The van der Waals surface area contributed by atoms with E-state index in [9.17, 15) is 39.5 Å². The Hall–Kier alpha value is -3.87. The highest BCUT2D eigenvalue weighted by Gasteiger charge is 2.41. The normalized spacial score (nSPS) is 20.3. The fourth-order valence-corrected chi connectivity index (χ4v) is 4.67. The number of hydrogen-bond acceptors (Lipinski definition) is 1. The highest BCUT2D eigenvalue weighted by atomic mass is 19.3. The third-order valence-corrected chi connectivity index (χ3v) is 6.79. The molecular weight excluding hydrogens is 571 g/mol. The first-order chi connectivity index (χ1) is 19.9. The summed E-state index contributed by atoms with van der Waals surface area (Å²) in [4.78, 5) is 0. The van der Waals surface area contributed by atoms with Crippen LogP contribution in [0.25, 0.3) is 0 Å². The lowest BCUT2D eigenvalue weighted by Crippen LogP contribution is -2.22. The molecule has 0 radical (unpaired) electrons. The van der Waals surface area contributed by atoms with Gasteiger partial charge in [0, 0.05) is 11.5 Å². The van der Waals surface area contributed by atoms with Gasteiger partial charge in [0.1, 0.15) is 35.0 Å². The molecule has 0 bridgehead atoms. The van der Waals surface area contributed by atoms with Crippen molar-refractivity contribution in [3.63, 3.8) is 0 Å². The minimum absolute atomic E-state index is 0.0472. The van der Waals surface area contributed by atoms with Gasteiger partial charge in [-0.05, 0) is 79.0 Å². The largest absolute Gasteiger partial charge is 0.432 e. The van der Waals surface area contributed by atoms with Gasteiger partial charge in [-0.15, -0.1) is 0 Å². The Bertz CT molecular complexity index is 1480. The summed E-state index contributed by atoms with van der Waals surface area (Å²) in [7, 11) is 0. The molecule has 2 aliphatic carbocycles. The second-order valence-corrected chi connectivity index (χ2v) is 9.96. The van der Waals surface area contributed by atoms with E-state index in [1.54, 1.807) is 0 Å². The van der Waals surface area contributed by atoms with Crippen LogP contribution in [-0.4, -0.2) is 6.17 Å². The Morgan fingerprint density at radius 3 is 2.17 bits per heavy atom. The summed E-state index contributed by atoms with van der Waals surface area (Å²) in [5.74, 6) is -6.17. The third kappa shape index (κ3) is 7.12. The van der Waals surface area contributed by atoms with E-state index in [1.165, 1.54) is 12.2 Å². The van der Waals surface area contributed by atoms with Gasteiger partial charge in [-0.1, -0.05) is 37.7 Å². The number of allylic oxidation sites excluding steroid dienone is 7. The van der Waals surface area contributed by atoms with Crippen LogP contribution in [-0.2, 0) is 17.3 Å². The van der Waals surface area contributed by atoms with E-state index in [-0.39, 0.29) is 23.3 Å². The van der Waals surface area contributed by atoms with E-state index in [2.05, 4.69) is 16.6 Å². The zero-order valence-electron chi connectivity index (χ0n) is 22.3. The molecule has 2 aromatic rings. The Kier molecular flexibility index (Phi) is 9.60. The quantitative estimate of drug-likeness (QED) is 0.128. The zero-order chi connectivity index (χ0) is 30.6. The van der Waals surface area contributed by atoms with E-state index >= 15 is 0 Å². The average molecular weight is 597 g/mol. The molecule has 0 N–H and O–H groups in total. The Morgan fingerprint density at radius 1 is 0.929 bits per heavy atom. The van der Waals surface area contributed by atoms with E-state index in [1.807, 2.05) is 6.92 Å². The molecule has 222 valence electrons. The number of rotatable bonds is 8. The standard InChI is InChI=1S/C32H25F9O/c1-2-3-4-5-19-14-25(35)30(26(36)15-19)32(40,41)42-22-10-8-18(9-11-22)6-7-20-12-23(33)29(24(34)13-20)21-16-27(37)31(39)28(38)17-21/h8,10-18,23,29H,2-5,9H2,1H3. The molecule has 42 heavy (non-hydrogen) atoms. The molecule has 2 aromatic carbocycles. The summed E-state index contributed by atoms with van der Waals surface area (Å²) in [6.07, 6.45) is 2.00. The predicted molar refractivity (Wildman–Crippen MR) is 139 cm³/mol. The lowest BCUT2D eigenvalue weighted by molar-refractivity contribution is -0.225. The van der Waals surface area contributed by atoms with Crippen LogP contribution in [0.2, 0.25) is 0 Å². The minimum atomic E-state index is -4.30. The molecule has 1 nitrogen and oxygen atoms in total. The molecule has 3 atom stereocenters. The van der Waals surface area contributed by atoms with E-state index in [4.69, 9.17) is 0 Å². The second kappa shape index (κ2) is 13.0. The number of hydrogen-bond donors (Lipinski definition) is 0. The van der Waals surface area contributed by atoms with Gasteiger partial charge in [0.25, 0.3) is 0 Å². The molecule has 0 saturated carbocycles. The molecule has 0 spiro atoms. The first kappa shape index (κ1) is 31.1. The Morgan fingerprint density at radius 2 is 1.60 bits per heavy atom. The van der Waals surface area contributed by atoms with Crippen LogP contribution < -0.4 is 0 Å². The van der Waals surface area contributed by atoms with Crippen LogP contribution in [0, 0.1) is 46.8 Å². The van der Waals surface area contributed by atoms with Gasteiger partial charge >= 0.3 is 6.11 Å². The van der Waals surface area contributed by atoms with Crippen molar-refractivity contribution in [1.82, 2.24) is 0 Å². The van der Waals surface area contributed by atoms with Gasteiger partial charge in [0.15, 0.2) is 17.5 Å². The van der Waals surface area contributed by atoms with E-state index < -0.39 is 70.2 Å². The lowest BCUT2D eigenvalue weighted by atomic mass is 9.87. The van der Waals surface area contributed by atoms with Gasteiger partial charge in [0.2, 0.25) is 0 Å². The molecule has 0 heterocycles. The van der Waals surface area contributed by atoms with Crippen LogP contribution in [0.5, 0.6) is 0 Å². The number of benzene rings is 2. The van der Waals surface area contributed by atoms with Crippen molar-refractivity contribution in [1.29, 1.82) is 0 Å². The third-order valence-electron chi connectivity index (χ3n) is 6.79. The number of aryl methyl sites for hydroxylation is 1. The second-order valence-electron chi connectivity index (χ2n) is 9.96. The maximum atomic E-state index is 14.7. The summed E-state index contributed by atoms with van der Waals surface area (Å²) >= 11 is 0. The fraction of sp³-hybridized carbons (Fsp3) is 0.312. The van der Waals surface area contributed by atoms with Crippen molar-refractivity contribution in [2.24, 2.45) is 5.92 Å². The maximum absolute atomic E-state index is 14.7. The Labute approximate surface area is 237 Å². The van der Waals surface area contributed by atoms with Crippen molar-refractivity contribution in [2.45, 2.75) is 57.2 Å². The topological polar surface area (TPSA) is 9.23 Å². The summed E-state index contributed by atoms with van der Waals surface area (Å²) in [5, 5.41) is 0. The van der Waals surface area contributed by atoms with Gasteiger partial charge < -0.3 is 4.74 Å². The fourth-order valence-electron chi connectivity index (χ4n) is 4.67. The summed E-state index contributed by atoms with van der Waals surface area (Å²) in [5.41, 5.74) is -1.73. The average Bonchev–Trinajstić information content (AvgIpc) is 2.90. The van der Waals surface area contributed by atoms with Crippen molar-refractivity contribution < 1.29 is 44.3 Å².